The monoisotopic (exact) mass is 266 g/mol. The second-order valence-corrected chi connectivity index (χ2v) is 4.63. The van der Waals surface area contributed by atoms with E-state index < -0.39 is 6.04 Å². The third-order valence-corrected chi connectivity index (χ3v) is 3.39. The number of carbonyl (C=O) groups is 2. The lowest BCUT2D eigenvalue weighted by Crippen LogP contribution is -2.58. The van der Waals surface area contributed by atoms with Crippen LogP contribution in [0.4, 0.5) is 5.82 Å². The Morgan fingerprint density at radius 2 is 2.16 bits per heavy atom. The van der Waals surface area contributed by atoms with Crippen molar-refractivity contribution >= 4 is 17.6 Å². The van der Waals surface area contributed by atoms with E-state index in [0.29, 0.717) is 23.5 Å². The van der Waals surface area contributed by atoms with E-state index in [4.69, 9.17) is 0 Å². The molecule has 2 amide bonds. The predicted octanol–water partition coefficient (Wildman–Crippen LogP) is -0.538. The molecule has 0 bridgehead atoms. The van der Waals surface area contributed by atoms with Gasteiger partial charge >= 0.3 is 0 Å². The molecule has 1 saturated heterocycles. The summed E-state index contributed by atoms with van der Waals surface area (Å²) in [5, 5.41) is 16.0. The fourth-order valence-electron chi connectivity index (χ4n) is 2.53. The van der Waals surface area contributed by atoms with E-state index in [1.807, 2.05) is 6.92 Å². The Balaban J connectivity index is 2.48. The van der Waals surface area contributed by atoms with E-state index in [1.165, 1.54) is 0 Å². The Hall–Kier alpha value is -1.89. The molecule has 7 nitrogen and oxygen atoms in total. The van der Waals surface area contributed by atoms with Gasteiger partial charge in [-0.05, 0) is 13.3 Å². The third kappa shape index (κ3) is 2.21. The normalized spacial score (nSPS) is 19.8. The molecule has 19 heavy (non-hydrogen) atoms. The lowest BCUT2D eigenvalue weighted by atomic mass is 10.1. The first-order valence-corrected chi connectivity index (χ1v) is 6.23. The molecule has 1 aromatic rings. The highest BCUT2D eigenvalue weighted by Crippen LogP contribution is 2.27. The summed E-state index contributed by atoms with van der Waals surface area (Å²) in [6, 6.07) is -0.419. The number of rotatable bonds is 3. The largest absolute Gasteiger partial charge is 0.391 e. The van der Waals surface area contributed by atoms with Gasteiger partial charge in [-0.3, -0.25) is 19.6 Å². The number of carbonyl (C=O) groups excluding carboxylic acids is 2. The van der Waals surface area contributed by atoms with Crippen LogP contribution in [0, 0.1) is 6.92 Å². The van der Waals surface area contributed by atoms with Crippen LogP contribution in [0.15, 0.2) is 0 Å². The van der Waals surface area contributed by atoms with E-state index in [1.54, 1.807) is 23.6 Å². The average molecular weight is 266 g/mol. The number of anilines is 1. The van der Waals surface area contributed by atoms with Crippen molar-refractivity contribution in [3.8, 4) is 0 Å². The van der Waals surface area contributed by atoms with Crippen molar-refractivity contribution in [1.82, 2.24) is 15.1 Å². The number of aliphatic hydroxyl groups excluding tert-OH is 1. The van der Waals surface area contributed by atoms with Crippen LogP contribution in [0.2, 0.25) is 0 Å². The summed E-state index contributed by atoms with van der Waals surface area (Å²) in [5.74, 6) is -0.00557. The molecule has 104 valence electrons. The predicted molar refractivity (Wildman–Crippen MR) is 68.4 cm³/mol. The van der Waals surface area contributed by atoms with Gasteiger partial charge in [-0.25, -0.2) is 0 Å². The van der Waals surface area contributed by atoms with Crippen molar-refractivity contribution in [1.29, 1.82) is 0 Å². The van der Waals surface area contributed by atoms with Gasteiger partial charge in [-0.15, -0.1) is 0 Å². The van der Waals surface area contributed by atoms with Crippen molar-refractivity contribution in [2.45, 2.75) is 32.9 Å². The van der Waals surface area contributed by atoms with Gasteiger partial charge in [0.1, 0.15) is 11.9 Å². The zero-order valence-corrected chi connectivity index (χ0v) is 11.3. The molecule has 2 rings (SSSR count). The van der Waals surface area contributed by atoms with Gasteiger partial charge in [0.15, 0.2) is 0 Å². The second-order valence-electron chi connectivity index (χ2n) is 4.63. The summed E-state index contributed by atoms with van der Waals surface area (Å²) in [6.07, 6.45) is 0.578. The van der Waals surface area contributed by atoms with E-state index >= 15 is 0 Å². The van der Waals surface area contributed by atoms with Gasteiger partial charge in [0.05, 0.1) is 18.8 Å². The molecule has 0 radical (unpaired) electrons. The zero-order chi connectivity index (χ0) is 14.2. The Bertz CT molecular complexity index is 523. The van der Waals surface area contributed by atoms with E-state index in [2.05, 4.69) is 10.4 Å². The zero-order valence-electron chi connectivity index (χ0n) is 11.3. The quantitative estimate of drug-likeness (QED) is 0.718. The van der Waals surface area contributed by atoms with E-state index in [-0.39, 0.29) is 25.0 Å². The number of nitrogens with one attached hydrogen (secondary N) is 1. The first-order chi connectivity index (χ1) is 8.99. The lowest BCUT2D eigenvalue weighted by molar-refractivity contribution is -0.133. The maximum absolute atomic E-state index is 11.9. The molecule has 1 atom stereocenters. The van der Waals surface area contributed by atoms with Crippen molar-refractivity contribution < 1.29 is 14.7 Å². The smallest absolute Gasteiger partial charge is 0.249 e. The first kappa shape index (κ1) is 13.5. The number of nitrogens with zero attached hydrogens (tertiary/aromatic N) is 3. The lowest BCUT2D eigenvalue weighted by Gasteiger charge is -2.35. The van der Waals surface area contributed by atoms with Crippen molar-refractivity contribution in [3.63, 3.8) is 0 Å². The minimum absolute atomic E-state index is 0.0935. The highest BCUT2D eigenvalue weighted by atomic mass is 16.3. The molecular formula is C12H18N4O3. The molecule has 0 aliphatic carbocycles. The molecule has 1 unspecified atom stereocenters. The maximum Gasteiger partial charge on any atom is 0.249 e. The molecule has 2 heterocycles. The Kier molecular flexibility index (Phi) is 3.57. The Labute approximate surface area is 111 Å². The van der Waals surface area contributed by atoms with Gasteiger partial charge in [0.2, 0.25) is 11.8 Å². The molecule has 0 saturated carbocycles. The fraction of sp³-hybridized carbons (Fsp3) is 0.583. The fourth-order valence-corrected chi connectivity index (χ4v) is 2.53. The minimum atomic E-state index is -0.419. The van der Waals surface area contributed by atoms with Crippen molar-refractivity contribution in [3.05, 3.63) is 11.3 Å². The van der Waals surface area contributed by atoms with Crippen LogP contribution in [-0.2, 0) is 23.2 Å². The van der Waals surface area contributed by atoms with Crippen LogP contribution in [-0.4, -0.2) is 39.3 Å². The number of piperazine rings is 1. The number of imide groups is 1. The number of hydrogen-bond donors (Lipinski definition) is 2. The molecule has 2 N–H and O–H groups in total. The van der Waals surface area contributed by atoms with Crippen LogP contribution in [0.1, 0.15) is 24.6 Å². The standard InChI is InChI=1S/C12H18N4O3/c1-4-9-11(19)13-10(18)5-16(9)12-8(6-17)7(2)14-15(12)3/h9,17H,4-6H2,1-3H3,(H,13,18,19). The molecule has 0 spiro atoms. The minimum Gasteiger partial charge on any atom is -0.391 e. The first-order valence-electron chi connectivity index (χ1n) is 6.23. The molecule has 1 aliphatic heterocycles. The highest BCUT2D eigenvalue weighted by molar-refractivity contribution is 6.04. The second kappa shape index (κ2) is 5.00. The summed E-state index contributed by atoms with van der Waals surface area (Å²) in [6.45, 7) is 3.60. The summed E-state index contributed by atoms with van der Waals surface area (Å²) >= 11 is 0. The number of aliphatic hydroxyl groups is 1. The van der Waals surface area contributed by atoms with Crippen LogP contribution in [0.25, 0.3) is 0 Å². The molecular weight excluding hydrogens is 248 g/mol. The van der Waals surface area contributed by atoms with E-state index in [9.17, 15) is 14.7 Å². The summed E-state index contributed by atoms with van der Waals surface area (Å²) in [7, 11) is 1.74. The topological polar surface area (TPSA) is 87.5 Å². The van der Waals surface area contributed by atoms with E-state index in [0.717, 1.165) is 0 Å². The molecule has 0 aromatic carbocycles. The number of hydrogen-bond acceptors (Lipinski definition) is 5. The number of aromatic nitrogens is 2. The molecule has 1 aliphatic rings. The molecule has 7 heteroatoms. The van der Waals surface area contributed by atoms with Crippen molar-refractivity contribution in [2.75, 3.05) is 11.4 Å². The van der Waals surface area contributed by atoms with Crippen LogP contribution in [0.5, 0.6) is 0 Å². The average Bonchev–Trinajstić information content (AvgIpc) is 2.62. The molecule has 1 fully saturated rings. The summed E-state index contributed by atoms with van der Waals surface area (Å²) in [5.41, 5.74) is 1.36. The summed E-state index contributed by atoms with van der Waals surface area (Å²) < 4.78 is 1.61. The summed E-state index contributed by atoms with van der Waals surface area (Å²) in [4.78, 5) is 25.2. The van der Waals surface area contributed by atoms with Gasteiger partial charge < -0.3 is 10.0 Å². The number of amides is 2. The van der Waals surface area contributed by atoms with Gasteiger partial charge in [0.25, 0.3) is 0 Å². The van der Waals surface area contributed by atoms with Crippen molar-refractivity contribution in [2.24, 2.45) is 7.05 Å². The SMILES string of the molecule is CCC1C(=O)NC(=O)CN1c1c(CO)c(C)nn1C. The van der Waals surface area contributed by atoms with Crippen LogP contribution < -0.4 is 10.2 Å². The van der Waals surface area contributed by atoms with Gasteiger partial charge in [-0.1, -0.05) is 6.92 Å². The van der Waals surface area contributed by atoms with Gasteiger partial charge in [-0.2, -0.15) is 5.10 Å². The van der Waals surface area contributed by atoms with Gasteiger partial charge in [0, 0.05) is 12.6 Å². The highest BCUT2D eigenvalue weighted by Gasteiger charge is 2.35. The maximum atomic E-state index is 11.9. The Morgan fingerprint density at radius 3 is 2.74 bits per heavy atom. The van der Waals surface area contributed by atoms with Crippen LogP contribution in [0.3, 0.4) is 0 Å². The Morgan fingerprint density at radius 1 is 1.47 bits per heavy atom. The van der Waals surface area contributed by atoms with Crippen LogP contribution >= 0.6 is 0 Å². The third-order valence-electron chi connectivity index (χ3n) is 3.39. The number of aryl methyl sites for hydroxylation is 2. The molecule has 1 aromatic heterocycles.